The number of hydrogen-bond acceptors (Lipinski definition) is 5. The molecule has 0 fully saturated rings. The standard InChI is InChI=1S/C13H22N2O3/c1-5-10(9-16-2)15-8-11-13(18-4)12(17-3)6-7-14-11/h6-7,10,15H,5,8-9H2,1-4H3. The minimum atomic E-state index is 0.313. The molecule has 5 heteroatoms. The third-order valence-electron chi connectivity index (χ3n) is 2.79. The summed E-state index contributed by atoms with van der Waals surface area (Å²) in [6.45, 7) is 3.43. The van der Waals surface area contributed by atoms with Crippen molar-refractivity contribution in [3.63, 3.8) is 0 Å². The van der Waals surface area contributed by atoms with Crippen LogP contribution in [-0.4, -0.2) is 39.0 Å². The summed E-state index contributed by atoms with van der Waals surface area (Å²) in [7, 11) is 4.94. The maximum Gasteiger partial charge on any atom is 0.183 e. The first-order valence-electron chi connectivity index (χ1n) is 6.04. The molecule has 0 aliphatic carbocycles. The lowest BCUT2D eigenvalue weighted by Crippen LogP contribution is -2.32. The molecule has 0 aliphatic heterocycles. The smallest absolute Gasteiger partial charge is 0.183 e. The van der Waals surface area contributed by atoms with Crippen molar-refractivity contribution in [3.05, 3.63) is 18.0 Å². The third kappa shape index (κ3) is 3.85. The van der Waals surface area contributed by atoms with Crippen LogP contribution < -0.4 is 14.8 Å². The zero-order valence-electron chi connectivity index (χ0n) is 11.5. The molecule has 1 rings (SSSR count). The normalized spacial score (nSPS) is 12.2. The molecule has 0 amide bonds. The number of ether oxygens (including phenoxy) is 3. The van der Waals surface area contributed by atoms with Crippen molar-refractivity contribution in [2.24, 2.45) is 0 Å². The average molecular weight is 254 g/mol. The van der Waals surface area contributed by atoms with E-state index in [9.17, 15) is 0 Å². The van der Waals surface area contributed by atoms with Crippen molar-refractivity contribution < 1.29 is 14.2 Å². The van der Waals surface area contributed by atoms with Crippen LogP contribution in [0.2, 0.25) is 0 Å². The molecule has 1 aromatic heterocycles. The molecule has 0 aromatic carbocycles. The van der Waals surface area contributed by atoms with Gasteiger partial charge in [-0.25, -0.2) is 0 Å². The molecule has 0 saturated carbocycles. The second kappa shape index (κ2) is 7.89. The average Bonchev–Trinajstić information content (AvgIpc) is 2.42. The maximum absolute atomic E-state index is 5.33. The largest absolute Gasteiger partial charge is 0.493 e. The molecule has 1 atom stereocenters. The van der Waals surface area contributed by atoms with Gasteiger partial charge in [-0.2, -0.15) is 0 Å². The number of methoxy groups -OCH3 is 3. The molecular formula is C13H22N2O3. The van der Waals surface area contributed by atoms with E-state index in [1.165, 1.54) is 0 Å². The second-order valence-corrected chi connectivity index (χ2v) is 3.93. The van der Waals surface area contributed by atoms with Crippen LogP contribution in [0.1, 0.15) is 19.0 Å². The first-order valence-corrected chi connectivity index (χ1v) is 6.04. The third-order valence-corrected chi connectivity index (χ3v) is 2.79. The van der Waals surface area contributed by atoms with Gasteiger partial charge in [-0.05, 0) is 6.42 Å². The molecule has 1 aromatic rings. The molecule has 0 aliphatic rings. The van der Waals surface area contributed by atoms with E-state index in [-0.39, 0.29) is 0 Å². The number of pyridine rings is 1. The summed E-state index contributed by atoms with van der Waals surface area (Å²) < 4.78 is 15.7. The molecule has 0 bridgehead atoms. The molecular weight excluding hydrogens is 232 g/mol. The highest BCUT2D eigenvalue weighted by atomic mass is 16.5. The van der Waals surface area contributed by atoms with Crippen molar-refractivity contribution >= 4 is 0 Å². The lowest BCUT2D eigenvalue weighted by molar-refractivity contribution is 0.163. The van der Waals surface area contributed by atoms with Gasteiger partial charge < -0.3 is 19.5 Å². The first kappa shape index (κ1) is 14.7. The minimum Gasteiger partial charge on any atom is -0.493 e. The Morgan fingerprint density at radius 3 is 2.61 bits per heavy atom. The summed E-state index contributed by atoms with van der Waals surface area (Å²) in [6.07, 6.45) is 2.72. The Balaban J connectivity index is 2.71. The van der Waals surface area contributed by atoms with Crippen molar-refractivity contribution in [2.75, 3.05) is 27.9 Å². The molecule has 102 valence electrons. The Bertz CT molecular complexity index is 358. The Morgan fingerprint density at radius 2 is 2.06 bits per heavy atom. The fourth-order valence-electron chi connectivity index (χ4n) is 1.74. The van der Waals surface area contributed by atoms with E-state index in [4.69, 9.17) is 14.2 Å². The highest BCUT2D eigenvalue weighted by Gasteiger charge is 2.12. The van der Waals surface area contributed by atoms with Gasteiger partial charge in [-0.15, -0.1) is 0 Å². The fraction of sp³-hybridized carbons (Fsp3) is 0.615. The molecule has 0 spiro atoms. The molecule has 1 unspecified atom stereocenters. The van der Waals surface area contributed by atoms with Crippen molar-refractivity contribution in [2.45, 2.75) is 25.9 Å². The van der Waals surface area contributed by atoms with Gasteiger partial charge in [0.05, 0.1) is 26.5 Å². The number of nitrogens with one attached hydrogen (secondary N) is 1. The Labute approximate surface area is 108 Å². The molecule has 5 nitrogen and oxygen atoms in total. The topological polar surface area (TPSA) is 52.6 Å². The van der Waals surface area contributed by atoms with Gasteiger partial charge >= 0.3 is 0 Å². The van der Waals surface area contributed by atoms with Gasteiger partial charge in [0.1, 0.15) is 0 Å². The van der Waals surface area contributed by atoms with Crippen LogP contribution in [0, 0.1) is 0 Å². The van der Waals surface area contributed by atoms with Gasteiger partial charge in [0.15, 0.2) is 11.5 Å². The van der Waals surface area contributed by atoms with Crippen LogP contribution in [0.25, 0.3) is 0 Å². The van der Waals surface area contributed by atoms with Crippen molar-refractivity contribution in [3.8, 4) is 11.5 Å². The quantitative estimate of drug-likeness (QED) is 0.764. The number of hydrogen-bond donors (Lipinski definition) is 1. The number of aromatic nitrogens is 1. The second-order valence-electron chi connectivity index (χ2n) is 3.93. The lowest BCUT2D eigenvalue weighted by atomic mass is 10.2. The zero-order chi connectivity index (χ0) is 13.4. The summed E-state index contributed by atoms with van der Waals surface area (Å²) in [6, 6.07) is 2.10. The number of nitrogens with zero attached hydrogens (tertiary/aromatic N) is 1. The van der Waals surface area contributed by atoms with Gasteiger partial charge in [0.2, 0.25) is 0 Å². The highest BCUT2D eigenvalue weighted by molar-refractivity contribution is 5.42. The molecule has 18 heavy (non-hydrogen) atoms. The Kier molecular flexibility index (Phi) is 6.46. The lowest BCUT2D eigenvalue weighted by Gasteiger charge is -2.17. The summed E-state index contributed by atoms with van der Waals surface area (Å²) in [5.74, 6) is 1.38. The maximum atomic E-state index is 5.33. The molecule has 1 N–H and O–H groups in total. The van der Waals surface area contributed by atoms with Crippen LogP contribution in [0.3, 0.4) is 0 Å². The summed E-state index contributed by atoms with van der Waals surface area (Å²) in [5.41, 5.74) is 0.839. The predicted molar refractivity (Wildman–Crippen MR) is 70.1 cm³/mol. The van der Waals surface area contributed by atoms with Gasteiger partial charge in [0, 0.05) is 32.0 Å². The van der Waals surface area contributed by atoms with Crippen LogP contribution in [0.5, 0.6) is 11.5 Å². The van der Waals surface area contributed by atoms with Crippen molar-refractivity contribution in [1.82, 2.24) is 10.3 Å². The summed E-state index contributed by atoms with van der Waals surface area (Å²) in [5, 5.41) is 3.39. The minimum absolute atomic E-state index is 0.313. The fourth-order valence-corrected chi connectivity index (χ4v) is 1.74. The molecule has 0 radical (unpaired) electrons. The van der Waals surface area contributed by atoms with E-state index < -0.39 is 0 Å². The Hall–Kier alpha value is -1.33. The molecule has 1 heterocycles. The number of rotatable bonds is 8. The van der Waals surface area contributed by atoms with Gasteiger partial charge in [0.25, 0.3) is 0 Å². The predicted octanol–water partition coefficient (Wildman–Crippen LogP) is 1.61. The van der Waals surface area contributed by atoms with Gasteiger partial charge in [-0.3, -0.25) is 4.98 Å². The van der Waals surface area contributed by atoms with Crippen LogP contribution >= 0.6 is 0 Å². The van der Waals surface area contributed by atoms with E-state index >= 15 is 0 Å². The SMILES string of the molecule is CCC(COC)NCc1nccc(OC)c1OC. The van der Waals surface area contributed by atoms with E-state index in [2.05, 4.69) is 17.2 Å². The van der Waals surface area contributed by atoms with Crippen molar-refractivity contribution in [1.29, 1.82) is 0 Å². The van der Waals surface area contributed by atoms with Crippen LogP contribution in [0.4, 0.5) is 0 Å². The van der Waals surface area contributed by atoms with Crippen LogP contribution in [0.15, 0.2) is 12.3 Å². The summed E-state index contributed by atoms with van der Waals surface area (Å²) in [4.78, 5) is 4.32. The van der Waals surface area contributed by atoms with Gasteiger partial charge in [-0.1, -0.05) is 6.92 Å². The monoisotopic (exact) mass is 254 g/mol. The van der Waals surface area contributed by atoms with E-state index in [0.29, 0.717) is 30.7 Å². The first-order chi connectivity index (χ1) is 8.76. The summed E-state index contributed by atoms with van der Waals surface area (Å²) >= 11 is 0. The van der Waals surface area contributed by atoms with E-state index in [1.807, 2.05) is 0 Å². The van der Waals surface area contributed by atoms with E-state index in [0.717, 1.165) is 12.1 Å². The highest BCUT2D eigenvalue weighted by Crippen LogP contribution is 2.28. The van der Waals surface area contributed by atoms with Crippen LogP contribution in [-0.2, 0) is 11.3 Å². The Morgan fingerprint density at radius 1 is 1.28 bits per heavy atom. The van der Waals surface area contributed by atoms with E-state index in [1.54, 1.807) is 33.6 Å². The molecule has 0 saturated heterocycles. The zero-order valence-corrected chi connectivity index (χ0v) is 11.5.